The Labute approximate surface area is 169 Å². The SMILES string of the molecule is CNC(=O)c1cc(C(=O)OC(C)(C)C)cc(C=Cc2cccc3c2CC(=O)N3)n1. The van der Waals surface area contributed by atoms with Gasteiger partial charge in [-0.05, 0) is 56.2 Å². The number of fused-ring (bicyclic) bond motifs is 1. The molecule has 150 valence electrons. The summed E-state index contributed by atoms with van der Waals surface area (Å²) in [6.45, 7) is 5.33. The highest BCUT2D eigenvalue weighted by molar-refractivity contribution is 6.01. The van der Waals surface area contributed by atoms with E-state index in [0.29, 0.717) is 12.1 Å². The number of aromatic nitrogens is 1. The van der Waals surface area contributed by atoms with E-state index in [2.05, 4.69) is 15.6 Å². The van der Waals surface area contributed by atoms with Gasteiger partial charge in [0.25, 0.3) is 5.91 Å². The first-order valence-electron chi connectivity index (χ1n) is 9.23. The molecule has 0 aliphatic carbocycles. The second-order valence-electron chi connectivity index (χ2n) is 7.68. The topological polar surface area (TPSA) is 97.4 Å². The van der Waals surface area contributed by atoms with Crippen molar-refractivity contribution in [2.75, 3.05) is 12.4 Å². The van der Waals surface area contributed by atoms with Crippen molar-refractivity contribution in [3.05, 3.63) is 58.4 Å². The van der Waals surface area contributed by atoms with Crippen molar-refractivity contribution in [3.63, 3.8) is 0 Å². The second-order valence-corrected chi connectivity index (χ2v) is 7.68. The highest BCUT2D eigenvalue weighted by Crippen LogP contribution is 2.27. The zero-order chi connectivity index (χ0) is 21.2. The lowest BCUT2D eigenvalue weighted by molar-refractivity contribution is -0.115. The Bertz CT molecular complexity index is 1020. The lowest BCUT2D eigenvalue weighted by Gasteiger charge is -2.19. The van der Waals surface area contributed by atoms with Crippen LogP contribution in [0.2, 0.25) is 0 Å². The number of amides is 2. The summed E-state index contributed by atoms with van der Waals surface area (Å²) >= 11 is 0. The van der Waals surface area contributed by atoms with E-state index in [1.54, 1.807) is 32.9 Å². The third-order valence-electron chi connectivity index (χ3n) is 4.20. The van der Waals surface area contributed by atoms with Gasteiger partial charge in [-0.2, -0.15) is 0 Å². The summed E-state index contributed by atoms with van der Waals surface area (Å²) in [7, 11) is 1.50. The van der Waals surface area contributed by atoms with E-state index in [-0.39, 0.29) is 17.2 Å². The number of rotatable bonds is 4. The van der Waals surface area contributed by atoms with Crippen LogP contribution < -0.4 is 10.6 Å². The van der Waals surface area contributed by atoms with Crippen molar-refractivity contribution in [2.24, 2.45) is 0 Å². The number of pyridine rings is 1. The molecule has 0 radical (unpaired) electrons. The predicted octanol–water partition coefficient (Wildman–Crippen LogP) is 3.06. The van der Waals surface area contributed by atoms with E-state index in [4.69, 9.17) is 4.74 Å². The van der Waals surface area contributed by atoms with Gasteiger partial charge in [0.2, 0.25) is 5.91 Å². The van der Waals surface area contributed by atoms with Crippen LogP contribution in [-0.4, -0.2) is 35.4 Å². The van der Waals surface area contributed by atoms with Crippen LogP contribution in [0.4, 0.5) is 5.69 Å². The lowest BCUT2D eigenvalue weighted by Crippen LogP contribution is -2.25. The molecular weight excluding hydrogens is 370 g/mol. The van der Waals surface area contributed by atoms with Gasteiger partial charge in [0.05, 0.1) is 17.7 Å². The van der Waals surface area contributed by atoms with Gasteiger partial charge in [0.15, 0.2) is 0 Å². The minimum absolute atomic E-state index is 0.0483. The van der Waals surface area contributed by atoms with Gasteiger partial charge in [-0.3, -0.25) is 9.59 Å². The quantitative estimate of drug-likeness (QED) is 0.778. The average molecular weight is 393 g/mol. The first kappa shape index (κ1) is 20.3. The molecule has 7 heteroatoms. The smallest absolute Gasteiger partial charge is 0.338 e. The van der Waals surface area contributed by atoms with E-state index in [1.165, 1.54) is 13.1 Å². The number of anilines is 1. The molecule has 1 aromatic carbocycles. The van der Waals surface area contributed by atoms with Crippen molar-refractivity contribution in [2.45, 2.75) is 32.8 Å². The summed E-state index contributed by atoms with van der Waals surface area (Å²) in [5.41, 5.74) is 2.69. The third kappa shape index (κ3) is 4.87. The molecule has 2 aromatic rings. The number of ether oxygens (including phenoxy) is 1. The highest BCUT2D eigenvalue weighted by Gasteiger charge is 2.21. The number of hydrogen-bond donors (Lipinski definition) is 2. The fourth-order valence-corrected chi connectivity index (χ4v) is 2.94. The number of carbonyl (C=O) groups excluding carboxylic acids is 3. The molecule has 2 amide bonds. The standard InChI is InChI=1S/C22H23N3O4/c1-22(2,3)29-21(28)14-10-15(24-18(11-14)20(27)23-4)9-8-13-6-5-7-17-16(13)12-19(26)25-17/h5-11H,12H2,1-4H3,(H,23,27)(H,25,26). The molecule has 0 unspecified atom stereocenters. The van der Waals surface area contributed by atoms with Gasteiger partial charge in [-0.1, -0.05) is 18.2 Å². The average Bonchev–Trinajstić information content (AvgIpc) is 3.04. The van der Waals surface area contributed by atoms with E-state index >= 15 is 0 Å². The Morgan fingerprint density at radius 1 is 1.21 bits per heavy atom. The maximum atomic E-state index is 12.5. The summed E-state index contributed by atoms with van der Waals surface area (Å²) in [6, 6.07) is 8.58. The van der Waals surface area contributed by atoms with Crippen LogP contribution in [-0.2, 0) is 16.0 Å². The minimum atomic E-state index is -0.659. The number of hydrogen-bond acceptors (Lipinski definition) is 5. The van der Waals surface area contributed by atoms with Gasteiger partial charge in [0, 0.05) is 12.7 Å². The Balaban J connectivity index is 1.97. The Morgan fingerprint density at radius 2 is 1.97 bits per heavy atom. The molecule has 7 nitrogen and oxygen atoms in total. The fraction of sp³-hybridized carbons (Fsp3) is 0.273. The van der Waals surface area contributed by atoms with Crippen molar-refractivity contribution >= 4 is 35.6 Å². The summed E-state index contributed by atoms with van der Waals surface area (Å²) in [5.74, 6) is -0.983. The van der Waals surface area contributed by atoms with Gasteiger partial charge in [-0.25, -0.2) is 9.78 Å². The first-order chi connectivity index (χ1) is 13.7. The van der Waals surface area contributed by atoms with E-state index in [1.807, 2.05) is 24.3 Å². The number of nitrogens with one attached hydrogen (secondary N) is 2. The van der Waals surface area contributed by atoms with E-state index < -0.39 is 17.5 Å². The van der Waals surface area contributed by atoms with Crippen molar-refractivity contribution in [1.29, 1.82) is 0 Å². The fourth-order valence-electron chi connectivity index (χ4n) is 2.94. The van der Waals surface area contributed by atoms with E-state index in [9.17, 15) is 14.4 Å². The predicted molar refractivity (Wildman–Crippen MR) is 110 cm³/mol. The molecule has 0 spiro atoms. The second kappa shape index (κ2) is 7.87. The molecule has 2 heterocycles. The molecule has 0 atom stereocenters. The summed E-state index contributed by atoms with van der Waals surface area (Å²) in [4.78, 5) is 40.6. The Morgan fingerprint density at radius 3 is 2.66 bits per heavy atom. The summed E-state index contributed by atoms with van der Waals surface area (Å²) in [5, 5.41) is 5.32. The number of benzene rings is 1. The third-order valence-corrected chi connectivity index (χ3v) is 4.20. The van der Waals surface area contributed by atoms with Gasteiger partial charge in [-0.15, -0.1) is 0 Å². The number of nitrogens with zero attached hydrogens (tertiary/aromatic N) is 1. The molecule has 0 saturated heterocycles. The molecule has 0 fully saturated rings. The summed E-state index contributed by atoms with van der Waals surface area (Å²) in [6.07, 6.45) is 3.83. The van der Waals surface area contributed by atoms with Crippen molar-refractivity contribution < 1.29 is 19.1 Å². The van der Waals surface area contributed by atoms with Crippen LogP contribution in [0.5, 0.6) is 0 Å². The molecule has 2 N–H and O–H groups in total. The summed E-state index contributed by atoms with van der Waals surface area (Å²) < 4.78 is 5.41. The highest BCUT2D eigenvalue weighted by atomic mass is 16.6. The molecule has 0 bridgehead atoms. The van der Waals surface area contributed by atoms with Gasteiger partial charge in [0.1, 0.15) is 11.3 Å². The number of carbonyl (C=O) groups is 3. The maximum absolute atomic E-state index is 12.5. The monoisotopic (exact) mass is 393 g/mol. The van der Waals surface area contributed by atoms with Crippen LogP contribution in [0, 0.1) is 0 Å². The van der Waals surface area contributed by atoms with Crippen LogP contribution in [0.25, 0.3) is 12.2 Å². The number of esters is 1. The van der Waals surface area contributed by atoms with Crippen LogP contribution in [0.15, 0.2) is 30.3 Å². The van der Waals surface area contributed by atoms with Crippen molar-refractivity contribution in [1.82, 2.24) is 10.3 Å². The minimum Gasteiger partial charge on any atom is -0.456 e. The van der Waals surface area contributed by atoms with Crippen LogP contribution in [0.1, 0.15) is 58.4 Å². The molecule has 29 heavy (non-hydrogen) atoms. The molecular formula is C22H23N3O4. The Hall–Kier alpha value is -3.48. The van der Waals surface area contributed by atoms with Crippen molar-refractivity contribution in [3.8, 4) is 0 Å². The Kier molecular flexibility index (Phi) is 5.50. The van der Waals surface area contributed by atoms with Gasteiger partial charge >= 0.3 is 5.97 Å². The largest absolute Gasteiger partial charge is 0.456 e. The molecule has 1 aromatic heterocycles. The zero-order valence-electron chi connectivity index (χ0n) is 16.8. The van der Waals surface area contributed by atoms with Crippen LogP contribution >= 0.6 is 0 Å². The zero-order valence-corrected chi connectivity index (χ0v) is 16.8. The normalized spacial score (nSPS) is 13.2. The maximum Gasteiger partial charge on any atom is 0.338 e. The molecule has 1 aliphatic rings. The van der Waals surface area contributed by atoms with Gasteiger partial charge < -0.3 is 15.4 Å². The van der Waals surface area contributed by atoms with Crippen LogP contribution in [0.3, 0.4) is 0 Å². The molecule has 1 aliphatic heterocycles. The lowest BCUT2D eigenvalue weighted by atomic mass is 10.0. The first-order valence-corrected chi connectivity index (χ1v) is 9.23. The molecule has 0 saturated carbocycles. The molecule has 3 rings (SSSR count). The van der Waals surface area contributed by atoms with E-state index in [0.717, 1.165) is 16.8 Å².